The number of aromatic nitrogens is 2. The van der Waals surface area contributed by atoms with Gasteiger partial charge in [0.1, 0.15) is 5.75 Å². The molecule has 0 radical (unpaired) electrons. The Bertz CT molecular complexity index is 1060. The lowest BCUT2D eigenvalue weighted by Gasteiger charge is -2.08. The van der Waals surface area contributed by atoms with E-state index in [4.69, 9.17) is 0 Å². The van der Waals surface area contributed by atoms with Gasteiger partial charge in [0, 0.05) is 30.6 Å². The van der Waals surface area contributed by atoms with Crippen molar-refractivity contribution >= 4 is 17.6 Å². The van der Waals surface area contributed by atoms with Crippen LogP contribution in [0.5, 0.6) is 5.75 Å². The second-order valence-electron chi connectivity index (χ2n) is 7.20. The molecule has 1 saturated carbocycles. The van der Waals surface area contributed by atoms with Crippen LogP contribution in [0.2, 0.25) is 0 Å². The van der Waals surface area contributed by atoms with Crippen molar-refractivity contribution in [1.29, 1.82) is 0 Å². The maximum atomic E-state index is 12.8. The predicted molar refractivity (Wildman–Crippen MR) is 110 cm³/mol. The summed E-state index contributed by atoms with van der Waals surface area (Å²) in [5.41, 5.74) is 3.34. The van der Waals surface area contributed by atoms with E-state index in [-0.39, 0.29) is 17.7 Å². The smallest absolute Gasteiger partial charge is 0.342 e. The number of carbonyl (C=O) groups is 2. The normalized spacial score (nSPS) is 13.1. The van der Waals surface area contributed by atoms with Crippen LogP contribution < -0.4 is 10.6 Å². The summed E-state index contributed by atoms with van der Waals surface area (Å²) in [6, 6.07) is 16.0. The van der Waals surface area contributed by atoms with Gasteiger partial charge >= 0.3 is 6.03 Å². The number of nitrogens with one attached hydrogen (secondary N) is 2. The molecule has 29 heavy (non-hydrogen) atoms. The van der Waals surface area contributed by atoms with Gasteiger partial charge in [-0.3, -0.25) is 4.79 Å². The number of anilines is 1. The van der Waals surface area contributed by atoms with Crippen molar-refractivity contribution in [1.82, 2.24) is 15.1 Å². The summed E-state index contributed by atoms with van der Waals surface area (Å²) < 4.78 is 1.39. The van der Waals surface area contributed by atoms with Gasteiger partial charge in [0.05, 0.1) is 11.4 Å². The van der Waals surface area contributed by atoms with E-state index in [1.54, 1.807) is 12.1 Å². The zero-order valence-corrected chi connectivity index (χ0v) is 16.1. The van der Waals surface area contributed by atoms with Crippen LogP contribution in [0.1, 0.15) is 36.9 Å². The van der Waals surface area contributed by atoms with Crippen molar-refractivity contribution in [3.8, 4) is 17.0 Å². The standard InChI is InChI=1S/C22H22N4O3/c1-14(27)24-17-9-10-21(28)18(11-17)19-12-20(16-7-8-16)26(25-19)22(29)23-13-15-5-3-2-4-6-15/h2-6,9-12,16,28H,7-8,13H2,1H3,(H,23,29)(H,24,27). The second-order valence-corrected chi connectivity index (χ2v) is 7.20. The van der Waals surface area contributed by atoms with E-state index in [0.29, 0.717) is 29.4 Å². The minimum atomic E-state index is -0.306. The van der Waals surface area contributed by atoms with Crippen LogP contribution in [0.4, 0.5) is 10.5 Å². The highest BCUT2D eigenvalue weighted by atomic mass is 16.3. The number of phenolic OH excluding ortho intramolecular Hbond substituents is 1. The summed E-state index contributed by atoms with van der Waals surface area (Å²) in [5.74, 6) is 0.126. The van der Waals surface area contributed by atoms with Crippen LogP contribution in [0.15, 0.2) is 54.6 Å². The third-order valence-corrected chi connectivity index (χ3v) is 4.80. The molecule has 0 aliphatic heterocycles. The molecule has 0 spiro atoms. The van der Waals surface area contributed by atoms with Crippen LogP contribution in [0, 0.1) is 0 Å². The lowest BCUT2D eigenvalue weighted by atomic mass is 10.1. The molecule has 1 aliphatic carbocycles. The van der Waals surface area contributed by atoms with Crippen LogP contribution in [0.3, 0.4) is 0 Å². The summed E-state index contributed by atoms with van der Waals surface area (Å²) in [5, 5.41) is 20.4. The fraction of sp³-hybridized carbons (Fsp3) is 0.227. The van der Waals surface area contributed by atoms with Gasteiger partial charge < -0.3 is 15.7 Å². The van der Waals surface area contributed by atoms with Crippen molar-refractivity contribution in [3.63, 3.8) is 0 Å². The zero-order valence-electron chi connectivity index (χ0n) is 16.1. The summed E-state index contributed by atoms with van der Waals surface area (Å²) in [7, 11) is 0. The minimum Gasteiger partial charge on any atom is -0.507 e. The molecule has 7 nitrogen and oxygen atoms in total. The molecule has 3 N–H and O–H groups in total. The fourth-order valence-electron chi connectivity index (χ4n) is 3.23. The van der Waals surface area contributed by atoms with E-state index in [0.717, 1.165) is 24.1 Å². The Hall–Kier alpha value is -3.61. The third-order valence-electron chi connectivity index (χ3n) is 4.80. The van der Waals surface area contributed by atoms with E-state index in [1.165, 1.54) is 17.7 Å². The quantitative estimate of drug-likeness (QED) is 0.577. The molecular formula is C22H22N4O3. The van der Waals surface area contributed by atoms with Crippen molar-refractivity contribution in [2.75, 3.05) is 5.32 Å². The zero-order chi connectivity index (χ0) is 20.4. The van der Waals surface area contributed by atoms with Gasteiger partial charge in [0.2, 0.25) is 5.91 Å². The summed E-state index contributed by atoms with van der Waals surface area (Å²) >= 11 is 0. The lowest BCUT2D eigenvalue weighted by Crippen LogP contribution is -2.30. The Labute approximate surface area is 168 Å². The van der Waals surface area contributed by atoms with Gasteiger partial charge in [-0.2, -0.15) is 9.78 Å². The molecule has 0 unspecified atom stereocenters. The Morgan fingerprint density at radius 2 is 1.90 bits per heavy atom. The molecular weight excluding hydrogens is 368 g/mol. The number of nitrogens with zero attached hydrogens (tertiary/aromatic N) is 2. The second kappa shape index (κ2) is 7.79. The van der Waals surface area contributed by atoms with E-state index in [9.17, 15) is 14.7 Å². The number of hydrogen-bond donors (Lipinski definition) is 3. The summed E-state index contributed by atoms with van der Waals surface area (Å²) in [6.45, 7) is 1.83. The largest absolute Gasteiger partial charge is 0.507 e. The average molecular weight is 390 g/mol. The highest BCUT2D eigenvalue weighted by Gasteiger charge is 2.30. The lowest BCUT2D eigenvalue weighted by molar-refractivity contribution is -0.114. The number of hydrogen-bond acceptors (Lipinski definition) is 4. The van der Waals surface area contributed by atoms with Gasteiger partial charge in [-0.1, -0.05) is 30.3 Å². The van der Waals surface area contributed by atoms with Crippen molar-refractivity contribution in [2.24, 2.45) is 0 Å². The first-order valence-electron chi connectivity index (χ1n) is 9.54. The molecule has 1 heterocycles. The SMILES string of the molecule is CC(=O)Nc1ccc(O)c(-c2cc(C3CC3)n(C(=O)NCc3ccccc3)n2)c1. The number of aromatic hydroxyl groups is 1. The van der Waals surface area contributed by atoms with E-state index in [1.807, 2.05) is 36.4 Å². The first-order chi connectivity index (χ1) is 14.0. The van der Waals surface area contributed by atoms with Crippen molar-refractivity contribution in [2.45, 2.75) is 32.2 Å². The molecule has 0 atom stereocenters. The van der Waals surface area contributed by atoms with Gasteiger partial charge in [-0.15, -0.1) is 0 Å². The molecule has 1 aliphatic rings. The van der Waals surface area contributed by atoms with E-state index in [2.05, 4.69) is 15.7 Å². The molecule has 2 amide bonds. The molecule has 148 valence electrons. The number of carbonyl (C=O) groups excluding carboxylic acids is 2. The fourth-order valence-corrected chi connectivity index (χ4v) is 3.23. The Balaban J connectivity index is 1.62. The first-order valence-corrected chi connectivity index (χ1v) is 9.54. The highest BCUT2D eigenvalue weighted by Crippen LogP contribution is 2.42. The molecule has 2 aromatic carbocycles. The van der Waals surface area contributed by atoms with Gasteiger partial charge in [-0.25, -0.2) is 4.79 Å². The van der Waals surface area contributed by atoms with Crippen LogP contribution in [0.25, 0.3) is 11.3 Å². The summed E-state index contributed by atoms with van der Waals surface area (Å²) in [4.78, 5) is 24.1. The molecule has 4 rings (SSSR count). The number of benzene rings is 2. The highest BCUT2D eigenvalue weighted by molar-refractivity contribution is 5.90. The Morgan fingerprint density at radius 1 is 1.14 bits per heavy atom. The maximum absolute atomic E-state index is 12.8. The molecule has 1 fully saturated rings. The Kier molecular flexibility index (Phi) is 5.03. The number of rotatable bonds is 5. The van der Waals surface area contributed by atoms with Crippen LogP contribution in [-0.4, -0.2) is 26.8 Å². The predicted octanol–water partition coefficient (Wildman–Crippen LogP) is 3.85. The van der Waals surface area contributed by atoms with Crippen LogP contribution >= 0.6 is 0 Å². The monoisotopic (exact) mass is 390 g/mol. The van der Waals surface area contributed by atoms with Gasteiger partial charge in [0.25, 0.3) is 0 Å². The molecule has 7 heteroatoms. The first kappa shape index (κ1) is 18.7. The average Bonchev–Trinajstić information content (AvgIpc) is 3.46. The molecule has 0 saturated heterocycles. The van der Waals surface area contributed by atoms with Gasteiger partial charge in [-0.05, 0) is 42.7 Å². The molecule has 0 bridgehead atoms. The molecule has 1 aromatic heterocycles. The third kappa shape index (κ3) is 4.29. The van der Waals surface area contributed by atoms with Crippen LogP contribution in [-0.2, 0) is 11.3 Å². The topological polar surface area (TPSA) is 96.2 Å². The maximum Gasteiger partial charge on any atom is 0.342 e. The van der Waals surface area contributed by atoms with Crippen molar-refractivity contribution in [3.05, 3.63) is 65.9 Å². The minimum absolute atomic E-state index is 0.0378. The number of phenols is 1. The molecule has 3 aromatic rings. The van der Waals surface area contributed by atoms with Gasteiger partial charge in [0.15, 0.2) is 0 Å². The van der Waals surface area contributed by atoms with E-state index >= 15 is 0 Å². The van der Waals surface area contributed by atoms with Crippen molar-refractivity contribution < 1.29 is 14.7 Å². The summed E-state index contributed by atoms with van der Waals surface area (Å²) in [6.07, 6.45) is 2.02. The Morgan fingerprint density at radius 3 is 2.59 bits per heavy atom. The number of amides is 2. The van der Waals surface area contributed by atoms with E-state index < -0.39 is 0 Å².